The van der Waals surface area contributed by atoms with Crippen LogP contribution >= 0.6 is 0 Å². The summed E-state index contributed by atoms with van der Waals surface area (Å²) in [5, 5.41) is 2.70. The zero-order valence-corrected chi connectivity index (χ0v) is 17.5. The van der Waals surface area contributed by atoms with Gasteiger partial charge in [-0.2, -0.15) is 4.39 Å². The first-order valence-electron chi connectivity index (χ1n) is 9.41. The molecule has 0 radical (unpaired) electrons. The zero-order chi connectivity index (χ0) is 22.8. The highest BCUT2D eigenvalue weighted by atomic mass is 19.2. The Balaban J connectivity index is 2.05. The Morgan fingerprint density at radius 2 is 1.65 bits per heavy atom. The predicted molar refractivity (Wildman–Crippen MR) is 109 cm³/mol. The van der Waals surface area contributed by atoms with Crippen LogP contribution in [0.25, 0.3) is 0 Å². The van der Waals surface area contributed by atoms with Gasteiger partial charge in [-0.25, -0.2) is 8.78 Å². The predicted octanol–water partition coefficient (Wildman–Crippen LogP) is 5.78. The first kappa shape index (κ1) is 22.4. The molecule has 31 heavy (non-hydrogen) atoms. The van der Waals surface area contributed by atoms with Crippen molar-refractivity contribution in [1.29, 1.82) is 0 Å². The smallest absolute Gasteiger partial charge is 0.229 e. The fraction of sp³-hybridized carbons (Fsp3) is 0.261. The van der Waals surface area contributed by atoms with Gasteiger partial charge in [-0.05, 0) is 30.4 Å². The molecule has 5 nitrogen and oxygen atoms in total. The van der Waals surface area contributed by atoms with E-state index in [4.69, 9.17) is 14.2 Å². The molecule has 1 N–H and O–H groups in total. The molecule has 0 spiro atoms. The van der Waals surface area contributed by atoms with Crippen LogP contribution in [0.2, 0.25) is 0 Å². The van der Waals surface area contributed by atoms with Gasteiger partial charge in [-0.3, -0.25) is 4.79 Å². The van der Waals surface area contributed by atoms with Gasteiger partial charge in [0, 0.05) is 18.1 Å². The molecule has 0 saturated carbocycles. The van der Waals surface area contributed by atoms with Crippen molar-refractivity contribution in [2.24, 2.45) is 5.41 Å². The minimum Gasteiger partial charge on any atom is -0.473 e. The lowest BCUT2D eigenvalue weighted by atomic mass is 9.91. The number of carbonyl (C=O) groups excluding carboxylic acids is 1. The lowest BCUT2D eigenvalue weighted by molar-refractivity contribution is -0.123. The van der Waals surface area contributed by atoms with Crippen molar-refractivity contribution in [3.8, 4) is 11.5 Å². The molecule has 164 valence electrons. The summed E-state index contributed by atoms with van der Waals surface area (Å²) >= 11 is 0. The summed E-state index contributed by atoms with van der Waals surface area (Å²) in [7, 11) is 1.29. The van der Waals surface area contributed by atoms with Gasteiger partial charge in [-0.1, -0.05) is 32.9 Å². The van der Waals surface area contributed by atoms with Crippen LogP contribution in [0.1, 0.15) is 26.3 Å². The van der Waals surface area contributed by atoms with E-state index in [2.05, 4.69) is 5.32 Å². The van der Waals surface area contributed by atoms with Gasteiger partial charge in [0.1, 0.15) is 5.60 Å². The van der Waals surface area contributed by atoms with E-state index in [-0.39, 0.29) is 22.9 Å². The number of para-hydroxylation sites is 2. The van der Waals surface area contributed by atoms with Crippen molar-refractivity contribution in [3.63, 3.8) is 0 Å². The molecule has 2 aromatic rings. The second kappa shape index (κ2) is 8.47. The number of carbonyl (C=O) groups is 1. The van der Waals surface area contributed by atoms with Gasteiger partial charge in [0.2, 0.25) is 11.7 Å². The average molecular weight is 433 g/mol. The minimum absolute atomic E-state index is 0.0560. The number of hydrogen-bond donors (Lipinski definition) is 1. The molecule has 0 atom stereocenters. The molecule has 0 aliphatic carbocycles. The van der Waals surface area contributed by atoms with Crippen LogP contribution in [0.3, 0.4) is 0 Å². The van der Waals surface area contributed by atoms with Gasteiger partial charge < -0.3 is 19.5 Å². The fourth-order valence-corrected chi connectivity index (χ4v) is 2.83. The lowest BCUT2D eigenvalue weighted by Crippen LogP contribution is -2.28. The Bertz CT molecular complexity index is 1050. The van der Waals surface area contributed by atoms with E-state index in [0.29, 0.717) is 0 Å². The first-order chi connectivity index (χ1) is 14.6. The second-order valence-electron chi connectivity index (χ2n) is 7.91. The van der Waals surface area contributed by atoms with E-state index < -0.39 is 34.2 Å². The molecule has 1 aliphatic heterocycles. The Kier molecular flexibility index (Phi) is 6.13. The molecule has 0 aromatic heterocycles. The van der Waals surface area contributed by atoms with Crippen molar-refractivity contribution in [1.82, 2.24) is 0 Å². The van der Waals surface area contributed by atoms with Crippen LogP contribution < -0.4 is 10.1 Å². The van der Waals surface area contributed by atoms with Gasteiger partial charge in [-0.15, -0.1) is 0 Å². The van der Waals surface area contributed by atoms with Crippen molar-refractivity contribution in [3.05, 3.63) is 78.0 Å². The molecule has 0 bridgehead atoms. The molecule has 0 unspecified atom stereocenters. The van der Waals surface area contributed by atoms with Gasteiger partial charge in [0.05, 0.1) is 18.2 Å². The number of ether oxygens (including phenoxy) is 3. The molecule has 0 fully saturated rings. The average Bonchev–Trinajstić information content (AvgIpc) is 2.75. The Hall–Kier alpha value is -3.26. The maximum atomic E-state index is 14.7. The number of nitrogens with one attached hydrogen (secondary N) is 1. The number of amides is 1. The summed E-state index contributed by atoms with van der Waals surface area (Å²) in [6.45, 7) is 5.19. The summed E-state index contributed by atoms with van der Waals surface area (Å²) in [5.41, 5.74) is -2.27. The highest BCUT2D eigenvalue weighted by Gasteiger charge is 2.35. The normalized spacial score (nSPS) is 14.8. The minimum atomic E-state index is -1.71. The molecular weight excluding hydrogens is 411 g/mol. The third-order valence-corrected chi connectivity index (χ3v) is 4.70. The molecule has 1 aliphatic rings. The third-order valence-electron chi connectivity index (χ3n) is 4.70. The number of rotatable bonds is 5. The second-order valence-corrected chi connectivity index (χ2v) is 7.91. The van der Waals surface area contributed by atoms with Crippen LogP contribution in [-0.4, -0.2) is 13.0 Å². The van der Waals surface area contributed by atoms with Crippen LogP contribution in [0.15, 0.2) is 55.0 Å². The summed E-state index contributed by atoms with van der Waals surface area (Å²) in [4.78, 5) is 12.4. The molecule has 2 aromatic carbocycles. The van der Waals surface area contributed by atoms with Gasteiger partial charge in [0.25, 0.3) is 0 Å². The molecular formula is C23H22F3NO4. The van der Waals surface area contributed by atoms with E-state index in [1.54, 1.807) is 39.0 Å². The van der Waals surface area contributed by atoms with E-state index in [1.807, 2.05) is 0 Å². The molecule has 0 saturated heterocycles. The number of benzene rings is 2. The summed E-state index contributed by atoms with van der Waals surface area (Å²) < 4.78 is 59.6. The fourth-order valence-electron chi connectivity index (χ4n) is 2.83. The van der Waals surface area contributed by atoms with E-state index >= 15 is 0 Å². The number of methoxy groups -OCH3 is 1. The van der Waals surface area contributed by atoms with Crippen molar-refractivity contribution < 1.29 is 32.2 Å². The topological polar surface area (TPSA) is 56.8 Å². The summed E-state index contributed by atoms with van der Waals surface area (Å²) in [6, 6.07) is 7.29. The maximum absolute atomic E-state index is 14.7. The largest absolute Gasteiger partial charge is 0.473 e. The van der Waals surface area contributed by atoms with Gasteiger partial charge >= 0.3 is 0 Å². The quantitative estimate of drug-likeness (QED) is 0.608. The van der Waals surface area contributed by atoms with Crippen molar-refractivity contribution in [2.75, 3.05) is 12.4 Å². The van der Waals surface area contributed by atoms with Crippen molar-refractivity contribution in [2.45, 2.75) is 26.4 Å². The lowest BCUT2D eigenvalue weighted by Gasteiger charge is -2.28. The Labute approximate surface area is 178 Å². The summed E-state index contributed by atoms with van der Waals surface area (Å²) in [6.07, 6.45) is 5.18. The first-order valence-corrected chi connectivity index (χ1v) is 9.41. The molecule has 3 rings (SSSR count). The standard InChI is InChI=1S/C23H22F3NO4/c1-22(2,3)21(28)27-15-7-5-6-8-16(15)31-17-13-14(18(24)20(26)19(17)25)23(29-4)9-11-30-12-10-23/h5-13H,1-4H3,(H,27,28). The van der Waals surface area contributed by atoms with E-state index in [0.717, 1.165) is 6.07 Å². The number of anilines is 1. The van der Waals surface area contributed by atoms with Gasteiger partial charge in [0.15, 0.2) is 23.1 Å². The van der Waals surface area contributed by atoms with E-state index in [1.165, 1.54) is 37.9 Å². The van der Waals surface area contributed by atoms with Crippen LogP contribution in [-0.2, 0) is 19.9 Å². The van der Waals surface area contributed by atoms with E-state index in [9.17, 15) is 18.0 Å². The zero-order valence-electron chi connectivity index (χ0n) is 17.5. The highest BCUT2D eigenvalue weighted by molar-refractivity contribution is 5.95. The monoisotopic (exact) mass is 433 g/mol. The van der Waals surface area contributed by atoms with Crippen molar-refractivity contribution >= 4 is 11.6 Å². The number of hydrogen-bond acceptors (Lipinski definition) is 4. The van der Waals surface area contributed by atoms with Crippen LogP contribution in [0, 0.1) is 22.9 Å². The third kappa shape index (κ3) is 4.44. The summed E-state index contributed by atoms with van der Waals surface area (Å²) in [5.74, 6) is -5.46. The van der Waals surface area contributed by atoms with Crippen LogP contribution in [0.4, 0.5) is 18.9 Å². The van der Waals surface area contributed by atoms with Crippen LogP contribution in [0.5, 0.6) is 11.5 Å². The molecule has 1 heterocycles. The Morgan fingerprint density at radius 1 is 1.00 bits per heavy atom. The maximum Gasteiger partial charge on any atom is 0.229 e. The number of halogens is 3. The molecule has 1 amide bonds. The SMILES string of the molecule is COC1(c2cc(Oc3ccccc3NC(=O)C(C)(C)C)c(F)c(F)c2F)C=COC=C1. The molecule has 8 heteroatoms. The highest BCUT2D eigenvalue weighted by Crippen LogP contribution is 2.40. The Morgan fingerprint density at radius 3 is 2.26 bits per heavy atom.